The molecule has 0 aliphatic heterocycles. The molecule has 0 atom stereocenters. The highest BCUT2D eigenvalue weighted by Crippen LogP contribution is 2.31. The summed E-state index contributed by atoms with van der Waals surface area (Å²) in [5.74, 6) is -0.219. The van der Waals surface area contributed by atoms with E-state index in [9.17, 15) is 4.79 Å². The highest BCUT2D eigenvalue weighted by Gasteiger charge is 2.19. The maximum atomic E-state index is 12.3. The lowest BCUT2D eigenvalue weighted by molar-refractivity contribution is 0.103. The summed E-state index contributed by atoms with van der Waals surface area (Å²) >= 11 is 13.4. The Morgan fingerprint density at radius 1 is 1.20 bits per heavy atom. The minimum Gasteiger partial charge on any atom is -0.316 e. The van der Waals surface area contributed by atoms with Gasteiger partial charge in [0, 0.05) is 4.88 Å². The molecule has 0 fully saturated rings. The number of fused-ring (bicyclic) bond motifs is 1. The number of anilines is 1. The van der Waals surface area contributed by atoms with Crippen molar-refractivity contribution >= 4 is 46.1 Å². The van der Waals surface area contributed by atoms with Crippen molar-refractivity contribution in [1.29, 1.82) is 0 Å². The van der Waals surface area contributed by atoms with E-state index in [0.29, 0.717) is 4.88 Å². The topological polar surface area (TPSA) is 54.9 Å². The van der Waals surface area contributed by atoms with Crippen LogP contribution in [-0.2, 0) is 12.8 Å². The lowest BCUT2D eigenvalue weighted by Gasteiger charge is -2.08. The van der Waals surface area contributed by atoms with E-state index in [1.807, 2.05) is 6.07 Å². The smallest absolute Gasteiger partial charge is 0.265 e. The molecule has 0 saturated heterocycles. The molecule has 1 aliphatic rings. The van der Waals surface area contributed by atoms with Crippen molar-refractivity contribution in [3.63, 3.8) is 0 Å². The number of carbonyl (C=O) groups excluding carboxylic acids is 1. The molecule has 0 saturated carbocycles. The largest absolute Gasteiger partial charge is 0.316 e. The number of nitrogens with one attached hydrogen (secondary N) is 1. The lowest BCUT2D eigenvalue weighted by atomic mass is 9.99. The molecular formula is C13H11Cl2N3OS. The Kier molecular flexibility index (Phi) is 3.92. The van der Waals surface area contributed by atoms with Crippen LogP contribution >= 0.6 is 34.5 Å². The fourth-order valence-electron chi connectivity index (χ4n) is 2.23. The molecule has 4 nitrogen and oxygen atoms in total. The van der Waals surface area contributed by atoms with Crippen molar-refractivity contribution in [3.05, 3.63) is 38.0 Å². The van der Waals surface area contributed by atoms with Crippen molar-refractivity contribution < 1.29 is 4.79 Å². The Bertz CT molecular complexity index is 628. The first kappa shape index (κ1) is 13.8. The van der Waals surface area contributed by atoms with Crippen molar-refractivity contribution in [2.24, 2.45) is 0 Å². The molecule has 7 heteroatoms. The minimum absolute atomic E-state index is 0.139. The van der Waals surface area contributed by atoms with E-state index in [1.54, 1.807) is 0 Å². The van der Waals surface area contributed by atoms with Gasteiger partial charge in [-0.25, -0.2) is 9.97 Å². The number of hydrogen-bond acceptors (Lipinski definition) is 4. The van der Waals surface area contributed by atoms with Gasteiger partial charge in [-0.3, -0.25) is 4.79 Å². The number of rotatable bonds is 2. The summed E-state index contributed by atoms with van der Waals surface area (Å²) < 4.78 is 0. The zero-order valence-electron chi connectivity index (χ0n) is 10.4. The van der Waals surface area contributed by atoms with Gasteiger partial charge in [-0.2, -0.15) is 0 Å². The molecule has 3 rings (SSSR count). The van der Waals surface area contributed by atoms with E-state index in [-0.39, 0.29) is 21.9 Å². The van der Waals surface area contributed by atoms with Gasteiger partial charge in [0.1, 0.15) is 12.0 Å². The highest BCUT2D eigenvalue weighted by atomic mass is 35.5. The van der Waals surface area contributed by atoms with E-state index >= 15 is 0 Å². The predicted molar refractivity (Wildman–Crippen MR) is 81.0 cm³/mol. The fourth-order valence-corrected chi connectivity index (χ4v) is 3.78. The predicted octanol–water partition coefficient (Wildman–Crippen LogP) is 3.98. The van der Waals surface area contributed by atoms with Gasteiger partial charge in [-0.15, -0.1) is 11.3 Å². The van der Waals surface area contributed by atoms with Crippen LogP contribution < -0.4 is 5.32 Å². The second kappa shape index (κ2) is 5.68. The normalized spacial score (nSPS) is 13.9. The Labute approximate surface area is 130 Å². The average Bonchev–Trinajstić information content (AvgIpc) is 2.87. The van der Waals surface area contributed by atoms with Gasteiger partial charge in [0.15, 0.2) is 10.3 Å². The molecule has 0 bridgehead atoms. The van der Waals surface area contributed by atoms with Crippen LogP contribution in [0.4, 0.5) is 5.69 Å². The Balaban J connectivity index is 1.84. The molecule has 1 aliphatic carbocycles. The molecule has 20 heavy (non-hydrogen) atoms. The molecule has 0 radical (unpaired) electrons. The van der Waals surface area contributed by atoms with Crippen molar-refractivity contribution in [2.45, 2.75) is 25.7 Å². The quantitative estimate of drug-likeness (QED) is 0.849. The van der Waals surface area contributed by atoms with Gasteiger partial charge < -0.3 is 5.32 Å². The number of nitrogens with zero attached hydrogens (tertiary/aromatic N) is 2. The summed E-state index contributed by atoms with van der Waals surface area (Å²) in [4.78, 5) is 21.9. The summed E-state index contributed by atoms with van der Waals surface area (Å²) in [6.45, 7) is 0. The second-order valence-electron chi connectivity index (χ2n) is 4.55. The zero-order chi connectivity index (χ0) is 14.1. The number of hydrogen-bond donors (Lipinski definition) is 1. The first-order valence-electron chi connectivity index (χ1n) is 6.24. The molecule has 2 heterocycles. The maximum absolute atomic E-state index is 12.3. The maximum Gasteiger partial charge on any atom is 0.265 e. The number of carbonyl (C=O) groups is 1. The molecule has 0 aromatic carbocycles. The van der Waals surface area contributed by atoms with Crippen molar-refractivity contribution in [2.75, 3.05) is 5.32 Å². The highest BCUT2D eigenvalue weighted by molar-refractivity contribution is 7.14. The van der Waals surface area contributed by atoms with Gasteiger partial charge in [-0.05, 0) is 37.3 Å². The van der Waals surface area contributed by atoms with Crippen LogP contribution in [0.25, 0.3) is 0 Å². The molecule has 0 spiro atoms. The number of amides is 1. The van der Waals surface area contributed by atoms with Gasteiger partial charge in [0.2, 0.25) is 0 Å². The standard InChI is InChI=1S/C13H11Cl2N3OS/c14-11-10(12(15)17-6-16-11)18-13(19)9-5-7-3-1-2-4-8(7)20-9/h5-6H,1-4H2,(H,18,19). The van der Waals surface area contributed by atoms with Crippen LogP contribution in [0, 0.1) is 0 Å². The first-order chi connectivity index (χ1) is 9.65. The second-order valence-corrected chi connectivity index (χ2v) is 6.40. The third-order valence-corrected chi connectivity index (χ3v) is 5.02. The summed E-state index contributed by atoms with van der Waals surface area (Å²) in [6, 6.07) is 1.96. The van der Waals surface area contributed by atoms with Crippen LogP contribution in [-0.4, -0.2) is 15.9 Å². The molecular weight excluding hydrogens is 317 g/mol. The van der Waals surface area contributed by atoms with Crippen molar-refractivity contribution in [3.8, 4) is 0 Å². The summed E-state index contributed by atoms with van der Waals surface area (Å²) in [7, 11) is 0. The lowest BCUT2D eigenvalue weighted by Crippen LogP contribution is -2.11. The average molecular weight is 328 g/mol. The minimum atomic E-state index is -0.219. The number of thiophene rings is 1. The third kappa shape index (κ3) is 2.66. The van der Waals surface area contributed by atoms with E-state index in [4.69, 9.17) is 23.2 Å². The first-order valence-corrected chi connectivity index (χ1v) is 7.81. The molecule has 1 N–H and O–H groups in total. The van der Waals surface area contributed by atoms with Crippen LogP contribution in [0.2, 0.25) is 10.3 Å². The van der Waals surface area contributed by atoms with Crippen molar-refractivity contribution in [1.82, 2.24) is 9.97 Å². The fraction of sp³-hybridized carbons (Fsp3) is 0.308. The third-order valence-electron chi connectivity index (χ3n) is 3.21. The van der Waals surface area contributed by atoms with Crippen LogP contribution in [0.5, 0.6) is 0 Å². The Morgan fingerprint density at radius 2 is 1.90 bits per heavy atom. The van der Waals surface area contributed by atoms with Gasteiger partial charge in [0.05, 0.1) is 4.88 Å². The summed E-state index contributed by atoms with van der Waals surface area (Å²) in [5.41, 5.74) is 1.54. The van der Waals surface area contributed by atoms with Gasteiger partial charge >= 0.3 is 0 Å². The van der Waals surface area contributed by atoms with Gasteiger partial charge in [0.25, 0.3) is 5.91 Å². The Morgan fingerprint density at radius 3 is 2.60 bits per heavy atom. The molecule has 1 amide bonds. The number of aromatic nitrogens is 2. The molecule has 2 aromatic rings. The van der Waals surface area contributed by atoms with E-state index in [0.717, 1.165) is 12.8 Å². The van der Waals surface area contributed by atoms with E-state index < -0.39 is 0 Å². The van der Waals surface area contributed by atoms with Crippen LogP contribution in [0.15, 0.2) is 12.4 Å². The molecule has 0 unspecified atom stereocenters. The molecule has 104 valence electrons. The van der Waals surface area contributed by atoms with Crippen LogP contribution in [0.3, 0.4) is 0 Å². The van der Waals surface area contributed by atoms with Crippen LogP contribution in [0.1, 0.15) is 33.0 Å². The van der Waals surface area contributed by atoms with Gasteiger partial charge in [-0.1, -0.05) is 23.2 Å². The monoisotopic (exact) mass is 327 g/mol. The number of halogens is 2. The summed E-state index contributed by atoms with van der Waals surface area (Å²) in [5, 5.41) is 2.96. The Hall–Kier alpha value is -1.17. The zero-order valence-corrected chi connectivity index (χ0v) is 12.8. The van der Waals surface area contributed by atoms with E-state index in [1.165, 1.54) is 40.9 Å². The summed E-state index contributed by atoms with van der Waals surface area (Å²) in [6.07, 6.45) is 5.75. The molecule has 2 aromatic heterocycles. The van der Waals surface area contributed by atoms with E-state index in [2.05, 4.69) is 15.3 Å². The SMILES string of the molecule is O=C(Nc1c(Cl)ncnc1Cl)c1cc2c(s1)CCCC2. The number of aryl methyl sites for hydroxylation is 2.